The molecule has 0 aliphatic rings. The largest absolute Gasteiger partial charge is 2.00 e. The van der Waals surface area contributed by atoms with Crippen LogP contribution in [0.5, 0.6) is 0 Å². The van der Waals surface area contributed by atoms with Crippen molar-refractivity contribution in [3.63, 3.8) is 0 Å². The first-order valence-corrected chi connectivity index (χ1v) is 5.38. The van der Waals surface area contributed by atoms with Gasteiger partial charge in [0.2, 0.25) is 0 Å². The monoisotopic (exact) mass is 202 g/mol. The van der Waals surface area contributed by atoms with Crippen LogP contribution in [0.15, 0.2) is 24.3 Å². The van der Waals surface area contributed by atoms with E-state index in [-0.39, 0.29) is 25.9 Å². The molecule has 0 saturated heterocycles. The van der Waals surface area contributed by atoms with Gasteiger partial charge in [-0.3, -0.25) is 0 Å². The molecule has 1 heteroatoms. The fourth-order valence-electron chi connectivity index (χ4n) is 1.51. The summed E-state index contributed by atoms with van der Waals surface area (Å²) in [5.74, 6) is 0. The molecule has 0 spiro atoms. The van der Waals surface area contributed by atoms with E-state index in [4.69, 9.17) is 0 Å². The minimum atomic E-state index is 0. The molecule has 1 rings (SSSR count). The third-order valence-electron chi connectivity index (χ3n) is 2.44. The number of rotatable bonds is 5. The molecule has 0 unspecified atom stereocenters. The van der Waals surface area contributed by atoms with Gasteiger partial charge in [0.15, 0.2) is 0 Å². The Morgan fingerprint density at radius 3 is 2.21 bits per heavy atom. The minimum absolute atomic E-state index is 0. The second-order valence-corrected chi connectivity index (χ2v) is 3.80. The van der Waals surface area contributed by atoms with Crippen LogP contribution in [0.3, 0.4) is 0 Å². The van der Waals surface area contributed by atoms with Crippen molar-refractivity contribution in [3.05, 3.63) is 35.4 Å². The molecular weight excluding hydrogens is 180 g/mol. The topological polar surface area (TPSA) is 0 Å². The van der Waals surface area contributed by atoms with Gasteiger partial charge in [0, 0.05) is 0 Å². The van der Waals surface area contributed by atoms with E-state index in [1.807, 2.05) is 0 Å². The Labute approximate surface area is 107 Å². The van der Waals surface area contributed by atoms with E-state index >= 15 is 0 Å². The zero-order chi connectivity index (χ0) is 9.52. The van der Waals surface area contributed by atoms with Crippen LogP contribution in [0.1, 0.15) is 46.6 Å². The van der Waals surface area contributed by atoms with E-state index in [1.54, 1.807) is 0 Å². The summed E-state index contributed by atoms with van der Waals surface area (Å²) in [7, 11) is 0. The maximum Gasteiger partial charge on any atom is 2.00 e. The first-order valence-electron chi connectivity index (χ1n) is 5.38. The number of unbranched alkanes of at least 4 members (excludes halogenated alkanes) is 3. The van der Waals surface area contributed by atoms with Crippen molar-refractivity contribution in [2.45, 2.75) is 46.0 Å². The van der Waals surface area contributed by atoms with E-state index in [1.165, 1.54) is 43.2 Å². The van der Waals surface area contributed by atoms with Crippen LogP contribution in [0.25, 0.3) is 0 Å². The molecule has 0 atom stereocenters. The summed E-state index contributed by atoms with van der Waals surface area (Å²) in [4.78, 5) is 0. The summed E-state index contributed by atoms with van der Waals surface area (Å²) < 4.78 is 0. The SMILES string of the molecule is CCCCCCc1ccc(C)cc1.[H-].[H-].[Mg+2]. The summed E-state index contributed by atoms with van der Waals surface area (Å²) in [5.41, 5.74) is 2.85. The molecule has 0 heterocycles. The van der Waals surface area contributed by atoms with Gasteiger partial charge in [-0.2, -0.15) is 0 Å². The van der Waals surface area contributed by atoms with Crippen molar-refractivity contribution >= 4 is 23.1 Å². The van der Waals surface area contributed by atoms with Gasteiger partial charge >= 0.3 is 23.1 Å². The van der Waals surface area contributed by atoms with Gasteiger partial charge in [0.25, 0.3) is 0 Å². The van der Waals surface area contributed by atoms with Gasteiger partial charge in [-0.25, -0.2) is 0 Å². The average Bonchev–Trinajstić information content (AvgIpc) is 2.15. The van der Waals surface area contributed by atoms with Crippen molar-refractivity contribution in [2.24, 2.45) is 0 Å². The Balaban J connectivity index is -0.000000563. The average molecular weight is 203 g/mol. The molecule has 1 aromatic carbocycles. The van der Waals surface area contributed by atoms with Crippen LogP contribution in [0, 0.1) is 6.92 Å². The van der Waals surface area contributed by atoms with Crippen molar-refractivity contribution < 1.29 is 2.85 Å². The Bertz CT molecular complexity index is 234. The number of hydrogen-bond acceptors (Lipinski definition) is 0. The molecule has 0 N–H and O–H groups in total. The third-order valence-corrected chi connectivity index (χ3v) is 2.44. The summed E-state index contributed by atoms with van der Waals surface area (Å²) in [5, 5.41) is 0. The predicted molar refractivity (Wildman–Crippen MR) is 67.0 cm³/mol. The molecule has 1 aromatic rings. The van der Waals surface area contributed by atoms with Crippen molar-refractivity contribution in [1.29, 1.82) is 0 Å². The predicted octanol–water partition coefficient (Wildman–Crippen LogP) is 3.96. The standard InChI is InChI=1S/C13H20.Mg.2H/c1-3-4-5-6-7-13-10-8-12(2)9-11-13;;;/h8-11H,3-7H2,1-2H3;;;/q;+2;2*-1. The van der Waals surface area contributed by atoms with E-state index in [0.29, 0.717) is 0 Å². The molecule has 14 heavy (non-hydrogen) atoms. The summed E-state index contributed by atoms with van der Waals surface area (Å²) in [6.45, 7) is 4.40. The molecule has 0 aliphatic carbocycles. The summed E-state index contributed by atoms with van der Waals surface area (Å²) in [6, 6.07) is 8.91. The maximum absolute atomic E-state index is 2.26. The van der Waals surface area contributed by atoms with Crippen LogP contribution in [-0.4, -0.2) is 23.1 Å². The van der Waals surface area contributed by atoms with Gasteiger partial charge in [-0.1, -0.05) is 56.0 Å². The first-order chi connectivity index (χ1) is 6.33. The van der Waals surface area contributed by atoms with Crippen molar-refractivity contribution in [1.82, 2.24) is 0 Å². The first kappa shape index (κ1) is 14.0. The zero-order valence-corrected chi connectivity index (χ0v) is 11.0. The number of benzene rings is 1. The Kier molecular flexibility index (Phi) is 8.30. The summed E-state index contributed by atoms with van der Waals surface area (Å²) >= 11 is 0. The van der Waals surface area contributed by atoms with Crippen molar-refractivity contribution in [3.8, 4) is 0 Å². The molecule has 0 fully saturated rings. The molecule has 0 aromatic heterocycles. The van der Waals surface area contributed by atoms with E-state index in [0.717, 1.165) is 0 Å². The quantitative estimate of drug-likeness (QED) is 0.501. The molecule has 76 valence electrons. The van der Waals surface area contributed by atoms with Crippen LogP contribution >= 0.6 is 0 Å². The van der Waals surface area contributed by atoms with Crippen molar-refractivity contribution in [2.75, 3.05) is 0 Å². The van der Waals surface area contributed by atoms with Crippen LogP contribution in [0.2, 0.25) is 0 Å². The molecule has 0 bridgehead atoms. The minimum Gasteiger partial charge on any atom is -1.00 e. The fourth-order valence-corrected chi connectivity index (χ4v) is 1.51. The molecule has 0 amide bonds. The molecule has 0 radical (unpaired) electrons. The van der Waals surface area contributed by atoms with Gasteiger partial charge in [-0.15, -0.1) is 0 Å². The molecular formula is C13H22Mg. The van der Waals surface area contributed by atoms with Gasteiger partial charge in [0.1, 0.15) is 0 Å². The maximum atomic E-state index is 2.26. The van der Waals surface area contributed by atoms with Gasteiger partial charge in [0.05, 0.1) is 0 Å². The third kappa shape index (κ3) is 5.66. The molecule has 0 saturated carbocycles. The van der Waals surface area contributed by atoms with Crippen LogP contribution in [0.4, 0.5) is 0 Å². The van der Waals surface area contributed by atoms with Crippen LogP contribution < -0.4 is 0 Å². The fraction of sp³-hybridized carbons (Fsp3) is 0.538. The number of aryl methyl sites for hydroxylation is 2. The Morgan fingerprint density at radius 1 is 1.00 bits per heavy atom. The molecule has 0 nitrogen and oxygen atoms in total. The van der Waals surface area contributed by atoms with Crippen LogP contribution in [-0.2, 0) is 6.42 Å². The van der Waals surface area contributed by atoms with E-state index in [2.05, 4.69) is 38.1 Å². The van der Waals surface area contributed by atoms with E-state index in [9.17, 15) is 0 Å². The molecule has 0 aliphatic heterocycles. The smallest absolute Gasteiger partial charge is 1.00 e. The summed E-state index contributed by atoms with van der Waals surface area (Å²) in [6.07, 6.45) is 6.68. The normalized spacial score (nSPS) is 9.57. The van der Waals surface area contributed by atoms with E-state index < -0.39 is 0 Å². The second kappa shape index (κ2) is 8.31. The van der Waals surface area contributed by atoms with Gasteiger partial charge in [-0.05, 0) is 25.3 Å². The zero-order valence-electron chi connectivity index (χ0n) is 11.6. The second-order valence-electron chi connectivity index (χ2n) is 3.80. The Morgan fingerprint density at radius 2 is 1.64 bits per heavy atom. The Hall–Kier alpha value is -0.0138. The van der Waals surface area contributed by atoms with Gasteiger partial charge < -0.3 is 2.85 Å². The number of hydrogen-bond donors (Lipinski definition) is 0.